The number of methoxy groups -OCH3 is 1. The third kappa shape index (κ3) is 3.61. The number of nitrogens with zero attached hydrogens (tertiary/aromatic N) is 2. The Morgan fingerprint density at radius 1 is 1.33 bits per heavy atom. The summed E-state index contributed by atoms with van der Waals surface area (Å²) < 4.78 is 5.27. The predicted octanol–water partition coefficient (Wildman–Crippen LogP) is 3.13. The van der Waals surface area contributed by atoms with E-state index in [1.165, 1.54) is 0 Å². The molecule has 1 unspecified atom stereocenters. The Hall–Kier alpha value is -1.43. The zero-order chi connectivity index (χ0) is 15.2. The molecule has 1 heterocycles. The first-order valence-corrected chi connectivity index (χ1v) is 8.03. The van der Waals surface area contributed by atoms with Crippen LogP contribution in [0.25, 0.3) is 11.3 Å². The number of thiazole rings is 1. The van der Waals surface area contributed by atoms with E-state index in [4.69, 9.17) is 15.5 Å². The van der Waals surface area contributed by atoms with Crippen molar-refractivity contribution in [3.63, 3.8) is 0 Å². The molecule has 2 rings (SSSR count). The minimum absolute atomic E-state index is 0.292. The van der Waals surface area contributed by atoms with Crippen LogP contribution >= 0.6 is 11.3 Å². The molecule has 0 spiro atoms. The number of ether oxygens (including phenoxy) is 1. The van der Waals surface area contributed by atoms with Crippen LogP contribution in [0.15, 0.2) is 30.3 Å². The Morgan fingerprint density at radius 3 is 2.62 bits per heavy atom. The number of benzene rings is 1. The maximum atomic E-state index is 5.90. The molecule has 2 aromatic rings. The summed E-state index contributed by atoms with van der Waals surface area (Å²) in [7, 11) is 1.73. The monoisotopic (exact) mass is 305 g/mol. The topological polar surface area (TPSA) is 51.4 Å². The predicted molar refractivity (Wildman–Crippen MR) is 89.8 cm³/mol. The van der Waals surface area contributed by atoms with Crippen molar-refractivity contribution in [3.8, 4) is 11.3 Å². The summed E-state index contributed by atoms with van der Waals surface area (Å²) in [5.41, 5.74) is 8.03. The minimum Gasteiger partial charge on any atom is -0.383 e. The number of hydrogen-bond donors (Lipinski definition) is 1. The first kappa shape index (κ1) is 15.9. The molecule has 2 N–H and O–H groups in total. The number of aromatic nitrogens is 1. The molecule has 0 radical (unpaired) electrons. The van der Waals surface area contributed by atoms with Gasteiger partial charge in [0.2, 0.25) is 0 Å². The average Bonchev–Trinajstić information content (AvgIpc) is 2.93. The van der Waals surface area contributed by atoms with Crippen molar-refractivity contribution >= 4 is 16.5 Å². The second-order valence-corrected chi connectivity index (χ2v) is 5.99. The molecule has 0 fully saturated rings. The van der Waals surface area contributed by atoms with E-state index in [0.29, 0.717) is 19.2 Å². The molecular weight excluding hydrogens is 282 g/mol. The number of nitrogens with two attached hydrogens (primary N) is 1. The number of anilines is 1. The number of rotatable bonds is 7. The number of likely N-dealkylation sites (N-methyl/N-ethyl adjacent to an activating group) is 1. The van der Waals surface area contributed by atoms with E-state index in [1.54, 1.807) is 18.4 Å². The molecular formula is C16H23N3OS. The van der Waals surface area contributed by atoms with Crippen molar-refractivity contribution in [1.82, 2.24) is 4.98 Å². The van der Waals surface area contributed by atoms with E-state index in [1.807, 2.05) is 18.2 Å². The van der Waals surface area contributed by atoms with Crippen molar-refractivity contribution in [3.05, 3.63) is 35.2 Å². The van der Waals surface area contributed by atoms with Gasteiger partial charge in [-0.15, -0.1) is 0 Å². The molecule has 1 aromatic carbocycles. The van der Waals surface area contributed by atoms with Crippen molar-refractivity contribution in [2.75, 3.05) is 25.2 Å². The van der Waals surface area contributed by atoms with Crippen LogP contribution in [0.2, 0.25) is 0 Å². The zero-order valence-electron chi connectivity index (χ0n) is 12.9. The van der Waals surface area contributed by atoms with Gasteiger partial charge >= 0.3 is 0 Å². The smallest absolute Gasteiger partial charge is 0.186 e. The van der Waals surface area contributed by atoms with Crippen LogP contribution in [-0.4, -0.2) is 31.3 Å². The summed E-state index contributed by atoms with van der Waals surface area (Å²) >= 11 is 1.68. The molecule has 0 aliphatic carbocycles. The highest BCUT2D eigenvalue weighted by Gasteiger charge is 2.19. The summed E-state index contributed by atoms with van der Waals surface area (Å²) in [5.74, 6) is 0. The molecule has 0 aliphatic rings. The summed E-state index contributed by atoms with van der Waals surface area (Å²) in [6.07, 6.45) is 0. The molecule has 5 heteroatoms. The summed E-state index contributed by atoms with van der Waals surface area (Å²) in [6, 6.07) is 10.5. The van der Waals surface area contributed by atoms with Gasteiger partial charge in [-0.25, -0.2) is 4.98 Å². The summed E-state index contributed by atoms with van der Waals surface area (Å²) in [6.45, 7) is 6.39. The summed E-state index contributed by atoms with van der Waals surface area (Å²) in [5, 5.41) is 1.02. The Morgan fingerprint density at radius 2 is 2.05 bits per heavy atom. The van der Waals surface area contributed by atoms with Gasteiger partial charge in [0, 0.05) is 30.6 Å². The molecule has 1 aromatic heterocycles. The normalized spacial score (nSPS) is 12.4. The van der Waals surface area contributed by atoms with Crippen molar-refractivity contribution < 1.29 is 4.74 Å². The minimum atomic E-state index is 0.292. The standard InChI is InChI=1S/C16H23N3OS/c1-4-19(12(2)11-20-3)16-18-15(14(10-17)21-16)13-8-6-5-7-9-13/h5-9,12H,4,10-11,17H2,1-3H3. The lowest BCUT2D eigenvalue weighted by Gasteiger charge is -2.26. The highest BCUT2D eigenvalue weighted by Crippen LogP contribution is 2.33. The van der Waals surface area contributed by atoms with Crippen molar-refractivity contribution in [2.24, 2.45) is 5.73 Å². The Bertz CT molecular complexity index is 556. The lowest BCUT2D eigenvalue weighted by atomic mass is 10.1. The van der Waals surface area contributed by atoms with Gasteiger partial charge in [0.25, 0.3) is 0 Å². The first-order valence-electron chi connectivity index (χ1n) is 7.22. The fourth-order valence-electron chi connectivity index (χ4n) is 2.39. The second kappa shape index (κ2) is 7.54. The van der Waals surface area contributed by atoms with Crippen LogP contribution in [0, 0.1) is 0 Å². The molecule has 0 aliphatic heterocycles. The molecule has 1 atom stereocenters. The third-order valence-electron chi connectivity index (χ3n) is 3.44. The Balaban J connectivity index is 2.36. The lowest BCUT2D eigenvalue weighted by Crippen LogP contribution is -2.36. The molecule has 4 nitrogen and oxygen atoms in total. The first-order chi connectivity index (χ1) is 10.2. The van der Waals surface area contributed by atoms with Gasteiger partial charge in [0.05, 0.1) is 18.3 Å². The fraction of sp³-hybridized carbons (Fsp3) is 0.438. The van der Waals surface area contributed by atoms with Gasteiger partial charge < -0.3 is 15.4 Å². The SMILES string of the molecule is CCN(c1nc(-c2ccccc2)c(CN)s1)C(C)COC. The largest absolute Gasteiger partial charge is 0.383 e. The molecule has 114 valence electrons. The van der Waals surface area contributed by atoms with E-state index in [2.05, 4.69) is 30.9 Å². The Kier molecular flexibility index (Phi) is 5.73. The van der Waals surface area contributed by atoms with E-state index >= 15 is 0 Å². The maximum absolute atomic E-state index is 5.90. The van der Waals surface area contributed by atoms with Crippen LogP contribution in [0.4, 0.5) is 5.13 Å². The van der Waals surface area contributed by atoms with Crippen LogP contribution < -0.4 is 10.6 Å². The highest BCUT2D eigenvalue weighted by molar-refractivity contribution is 7.16. The summed E-state index contributed by atoms with van der Waals surface area (Å²) in [4.78, 5) is 8.22. The van der Waals surface area contributed by atoms with Crippen molar-refractivity contribution in [1.29, 1.82) is 0 Å². The molecule has 0 saturated carbocycles. The van der Waals surface area contributed by atoms with E-state index in [0.717, 1.165) is 27.8 Å². The van der Waals surface area contributed by atoms with E-state index in [9.17, 15) is 0 Å². The molecule has 21 heavy (non-hydrogen) atoms. The highest BCUT2D eigenvalue weighted by atomic mass is 32.1. The second-order valence-electron chi connectivity index (χ2n) is 4.93. The van der Waals surface area contributed by atoms with Gasteiger partial charge in [-0.1, -0.05) is 41.7 Å². The third-order valence-corrected chi connectivity index (χ3v) is 4.56. The zero-order valence-corrected chi connectivity index (χ0v) is 13.7. The average molecular weight is 305 g/mol. The van der Waals surface area contributed by atoms with Crippen molar-refractivity contribution in [2.45, 2.75) is 26.4 Å². The molecule has 0 saturated heterocycles. The van der Waals surface area contributed by atoms with Gasteiger partial charge in [-0.05, 0) is 13.8 Å². The lowest BCUT2D eigenvalue weighted by molar-refractivity contribution is 0.182. The van der Waals surface area contributed by atoms with Gasteiger partial charge in [0.15, 0.2) is 5.13 Å². The van der Waals surface area contributed by atoms with Gasteiger partial charge in [0.1, 0.15) is 0 Å². The fourth-order valence-corrected chi connectivity index (χ4v) is 3.52. The van der Waals surface area contributed by atoms with E-state index in [-0.39, 0.29) is 0 Å². The van der Waals surface area contributed by atoms with Crippen LogP contribution in [0.3, 0.4) is 0 Å². The number of hydrogen-bond acceptors (Lipinski definition) is 5. The van der Waals surface area contributed by atoms with Gasteiger partial charge in [-0.2, -0.15) is 0 Å². The van der Waals surface area contributed by atoms with Gasteiger partial charge in [-0.3, -0.25) is 0 Å². The molecule has 0 amide bonds. The van der Waals surface area contributed by atoms with E-state index < -0.39 is 0 Å². The van der Waals surface area contributed by atoms with Crippen LogP contribution in [0.1, 0.15) is 18.7 Å². The van der Waals surface area contributed by atoms with Crippen LogP contribution in [-0.2, 0) is 11.3 Å². The quantitative estimate of drug-likeness (QED) is 0.854. The molecule has 0 bridgehead atoms. The maximum Gasteiger partial charge on any atom is 0.186 e. The Labute approximate surface area is 130 Å². The van der Waals surface area contributed by atoms with Crippen LogP contribution in [0.5, 0.6) is 0 Å².